The summed E-state index contributed by atoms with van der Waals surface area (Å²) in [6.07, 6.45) is 5.38. The Balaban J connectivity index is 1.45. The molecule has 3 aromatic rings. The molecule has 34 heavy (non-hydrogen) atoms. The van der Waals surface area contributed by atoms with E-state index in [4.69, 9.17) is 4.42 Å². The van der Waals surface area contributed by atoms with Crippen molar-refractivity contribution < 1.29 is 9.21 Å². The molecule has 8 bridgehead atoms. The number of nitrogens with one attached hydrogen (secondary N) is 1. The molecule has 1 aromatic carbocycles. The monoisotopic (exact) mass is 522 g/mol. The van der Waals surface area contributed by atoms with Crippen molar-refractivity contribution in [1.82, 2.24) is 20.5 Å². The smallest absolute Gasteiger partial charge is 0.250 e. The van der Waals surface area contributed by atoms with Crippen LogP contribution in [0.2, 0.25) is 0 Å². The Hall–Kier alpha value is -2.94. The predicted octanol–water partition coefficient (Wildman–Crippen LogP) is 4.27. The van der Waals surface area contributed by atoms with Gasteiger partial charge in [-0.25, -0.2) is 4.98 Å². The number of amides is 1. The molecule has 4 aliphatic rings. The second kappa shape index (κ2) is 8.37. The highest BCUT2D eigenvalue weighted by Gasteiger charge is 2.36. The first-order chi connectivity index (χ1) is 16.5. The number of carbonyl (C=O) groups is 1. The third-order valence-electron chi connectivity index (χ3n) is 7.36. The molecule has 1 unspecified atom stereocenters. The lowest BCUT2D eigenvalue weighted by Gasteiger charge is -2.42. The van der Waals surface area contributed by atoms with E-state index < -0.39 is 0 Å². The van der Waals surface area contributed by atoms with E-state index in [2.05, 4.69) is 59.2 Å². The van der Waals surface area contributed by atoms with Crippen LogP contribution in [0.4, 0.5) is 11.5 Å². The number of nitrogens with zero attached hydrogens (tertiary/aromatic N) is 5. The molecule has 8 nitrogen and oxygen atoms in total. The van der Waals surface area contributed by atoms with E-state index in [-0.39, 0.29) is 17.4 Å². The van der Waals surface area contributed by atoms with Crippen molar-refractivity contribution in [3.05, 3.63) is 41.0 Å². The number of pyridine rings is 1. The highest BCUT2D eigenvalue weighted by molar-refractivity contribution is 9.10. The van der Waals surface area contributed by atoms with Gasteiger partial charge < -0.3 is 19.5 Å². The fraction of sp³-hybridized carbons (Fsp3) is 0.440. The highest BCUT2D eigenvalue weighted by atomic mass is 79.9. The molecule has 2 saturated heterocycles. The zero-order valence-electron chi connectivity index (χ0n) is 19.1. The zero-order valence-corrected chi connectivity index (χ0v) is 20.7. The summed E-state index contributed by atoms with van der Waals surface area (Å²) >= 11 is 3.62. The molecule has 1 atom stereocenters. The summed E-state index contributed by atoms with van der Waals surface area (Å²) < 4.78 is 7.18. The van der Waals surface area contributed by atoms with E-state index in [1.165, 1.54) is 0 Å². The first-order valence-electron chi connectivity index (χ1n) is 11.9. The number of benzene rings is 1. The van der Waals surface area contributed by atoms with Crippen LogP contribution in [-0.4, -0.2) is 52.8 Å². The second-order valence-corrected chi connectivity index (χ2v) is 10.7. The first-order valence-corrected chi connectivity index (χ1v) is 12.7. The third kappa shape index (κ3) is 3.96. The minimum absolute atomic E-state index is 0.0450. The molecule has 7 rings (SSSR count). The Morgan fingerprint density at radius 3 is 2.76 bits per heavy atom. The van der Waals surface area contributed by atoms with Crippen LogP contribution in [0.25, 0.3) is 22.9 Å². The number of carbonyl (C=O) groups excluding carboxylic acids is 1. The number of aromatic nitrogens is 3. The van der Waals surface area contributed by atoms with Gasteiger partial charge in [0.25, 0.3) is 0 Å². The lowest BCUT2D eigenvalue weighted by Crippen LogP contribution is -2.56. The Morgan fingerprint density at radius 2 is 1.91 bits per heavy atom. The Labute approximate surface area is 206 Å². The number of halogens is 1. The number of rotatable bonds is 0. The Morgan fingerprint density at radius 1 is 1.09 bits per heavy atom. The lowest BCUT2D eigenvalue weighted by molar-refractivity contribution is -0.127. The van der Waals surface area contributed by atoms with E-state index in [0.29, 0.717) is 18.3 Å². The lowest BCUT2D eigenvalue weighted by atomic mass is 9.87. The second-order valence-electron chi connectivity index (χ2n) is 9.80. The maximum absolute atomic E-state index is 13.3. The van der Waals surface area contributed by atoms with Gasteiger partial charge in [0.1, 0.15) is 5.82 Å². The van der Waals surface area contributed by atoms with Crippen molar-refractivity contribution in [2.45, 2.75) is 38.1 Å². The quantitative estimate of drug-likeness (QED) is 0.471. The molecular weight excluding hydrogens is 496 g/mol. The standard InChI is InChI=1S/C25H27BrN6O2/c1-25-7-11-31(12-8-25)20-14-18(26)4-5-19(20)24-30-29-23(34-24)16-6-9-27-21(13-16)32-10-2-3-17(15-32)22(33)28-25/h4-6,9,13-14,17H,2-3,7-8,10-12,15H2,1H3,(H,28,33). The number of fused-ring (bicyclic) bond motifs is 3. The third-order valence-corrected chi connectivity index (χ3v) is 7.85. The molecule has 1 N–H and O–H groups in total. The van der Waals surface area contributed by atoms with Crippen molar-refractivity contribution in [1.29, 1.82) is 0 Å². The first kappa shape index (κ1) is 21.6. The van der Waals surface area contributed by atoms with Gasteiger partial charge in [0.2, 0.25) is 17.7 Å². The van der Waals surface area contributed by atoms with Gasteiger partial charge in [-0.05, 0) is 62.9 Å². The fourth-order valence-electron chi connectivity index (χ4n) is 5.29. The van der Waals surface area contributed by atoms with Crippen molar-refractivity contribution >= 4 is 33.3 Å². The van der Waals surface area contributed by atoms with Crippen LogP contribution in [0.1, 0.15) is 32.6 Å². The molecule has 6 heterocycles. The van der Waals surface area contributed by atoms with Crippen LogP contribution in [0.15, 0.2) is 45.4 Å². The van der Waals surface area contributed by atoms with Gasteiger partial charge in [0, 0.05) is 48.0 Å². The molecule has 4 aliphatic heterocycles. The van der Waals surface area contributed by atoms with E-state index in [1.807, 2.05) is 24.3 Å². The molecule has 1 amide bonds. The van der Waals surface area contributed by atoms with Crippen LogP contribution < -0.4 is 15.1 Å². The molecule has 2 aromatic heterocycles. The maximum atomic E-state index is 13.3. The average Bonchev–Trinajstić information content (AvgIpc) is 3.34. The van der Waals surface area contributed by atoms with Crippen LogP contribution in [0.5, 0.6) is 0 Å². The van der Waals surface area contributed by atoms with Crippen LogP contribution in [0, 0.1) is 5.92 Å². The van der Waals surface area contributed by atoms with E-state index >= 15 is 0 Å². The molecule has 0 spiro atoms. The molecule has 9 heteroatoms. The minimum atomic E-state index is -0.216. The van der Waals surface area contributed by atoms with Gasteiger partial charge in [0.05, 0.1) is 17.2 Å². The summed E-state index contributed by atoms with van der Waals surface area (Å²) in [6.45, 7) is 5.39. The van der Waals surface area contributed by atoms with Crippen molar-refractivity contribution in [2.75, 3.05) is 36.0 Å². The number of hydrogen-bond acceptors (Lipinski definition) is 7. The Kier molecular flexibility index (Phi) is 5.32. The van der Waals surface area contributed by atoms with E-state index in [9.17, 15) is 4.79 Å². The Bertz CT molecular complexity index is 1240. The van der Waals surface area contributed by atoms with Gasteiger partial charge in [0.15, 0.2) is 0 Å². The molecular formula is C25H27BrN6O2. The van der Waals surface area contributed by atoms with Crippen LogP contribution in [-0.2, 0) is 4.79 Å². The summed E-state index contributed by atoms with van der Waals surface area (Å²) in [5, 5.41) is 12.2. The normalized spacial score (nSPS) is 24.4. The number of piperidine rings is 2. The molecule has 0 radical (unpaired) electrons. The fourth-order valence-corrected chi connectivity index (χ4v) is 5.63. The van der Waals surface area contributed by atoms with Gasteiger partial charge >= 0.3 is 0 Å². The van der Waals surface area contributed by atoms with E-state index in [0.717, 1.165) is 72.4 Å². The molecule has 0 saturated carbocycles. The number of anilines is 2. The van der Waals surface area contributed by atoms with Gasteiger partial charge in [-0.15, -0.1) is 10.2 Å². The topological polar surface area (TPSA) is 87.4 Å². The van der Waals surface area contributed by atoms with E-state index in [1.54, 1.807) is 6.20 Å². The summed E-state index contributed by atoms with van der Waals surface area (Å²) in [4.78, 5) is 22.4. The largest absolute Gasteiger partial charge is 0.416 e. The summed E-state index contributed by atoms with van der Waals surface area (Å²) in [6, 6.07) is 9.99. The molecule has 176 valence electrons. The molecule has 2 fully saturated rings. The SMILES string of the molecule is CC12CCN(CC1)c1cc(Br)ccc1-c1nnc(o1)-c1ccnc(c1)N1CCCC(C1)C(=O)N2. The minimum Gasteiger partial charge on any atom is -0.416 e. The summed E-state index contributed by atoms with van der Waals surface area (Å²) in [7, 11) is 0. The predicted molar refractivity (Wildman–Crippen MR) is 134 cm³/mol. The zero-order chi connectivity index (χ0) is 23.3. The average molecular weight is 523 g/mol. The van der Waals surface area contributed by atoms with Gasteiger partial charge in [-0.1, -0.05) is 15.9 Å². The van der Waals surface area contributed by atoms with Crippen molar-refractivity contribution in [2.24, 2.45) is 5.92 Å². The highest BCUT2D eigenvalue weighted by Crippen LogP contribution is 2.37. The van der Waals surface area contributed by atoms with Crippen LogP contribution in [0.3, 0.4) is 0 Å². The molecule has 0 aliphatic carbocycles. The van der Waals surface area contributed by atoms with Crippen molar-refractivity contribution in [3.63, 3.8) is 0 Å². The summed E-state index contributed by atoms with van der Waals surface area (Å²) in [5.74, 6) is 1.91. The maximum Gasteiger partial charge on any atom is 0.250 e. The van der Waals surface area contributed by atoms with Gasteiger partial charge in [-0.2, -0.15) is 0 Å². The van der Waals surface area contributed by atoms with Crippen molar-refractivity contribution in [3.8, 4) is 22.9 Å². The van der Waals surface area contributed by atoms with Gasteiger partial charge in [-0.3, -0.25) is 4.79 Å². The van der Waals surface area contributed by atoms with Crippen LogP contribution >= 0.6 is 15.9 Å². The summed E-state index contributed by atoms with van der Waals surface area (Å²) in [5.41, 5.74) is 2.57. The number of hydrogen-bond donors (Lipinski definition) is 1.